The van der Waals surface area contributed by atoms with Crippen molar-refractivity contribution in [2.24, 2.45) is 11.1 Å². The molecule has 0 bridgehead atoms. The van der Waals surface area contributed by atoms with Crippen LogP contribution in [-0.4, -0.2) is 14.2 Å². The van der Waals surface area contributed by atoms with Crippen molar-refractivity contribution in [1.82, 2.24) is 0 Å². The van der Waals surface area contributed by atoms with Crippen LogP contribution in [0.2, 0.25) is 0 Å². The Hall–Kier alpha value is -0.520. The summed E-state index contributed by atoms with van der Waals surface area (Å²) < 4.78 is 22.5. The normalized spacial score (nSPS) is 12.0. The van der Waals surface area contributed by atoms with Crippen molar-refractivity contribution < 1.29 is 8.42 Å². The zero-order valence-corrected chi connectivity index (χ0v) is 10.4. The topological polar surface area (TPSA) is 60.2 Å². The lowest BCUT2D eigenvalue weighted by Gasteiger charge is -2.08. The first-order chi connectivity index (χ1) is 6.91. The van der Waals surface area contributed by atoms with Crippen LogP contribution < -0.4 is 5.14 Å². The highest BCUT2D eigenvalue weighted by Gasteiger charge is 2.13. The number of rotatable bonds is 4. The molecule has 0 aliphatic rings. The molecule has 0 saturated heterocycles. The summed E-state index contributed by atoms with van der Waals surface area (Å²) in [7, 11) is -3.60. The van der Waals surface area contributed by atoms with Gasteiger partial charge in [0.05, 0.1) is 4.90 Å². The zero-order valence-electron chi connectivity index (χ0n) is 8.80. The fraction of sp³-hybridized carbons (Fsp3) is 0.400. The predicted octanol–water partition coefficient (Wildman–Crippen LogP) is 2.08. The maximum Gasteiger partial charge on any atom is 0.239 e. The Morgan fingerprint density at radius 1 is 1.33 bits per heavy atom. The van der Waals surface area contributed by atoms with E-state index in [1.807, 2.05) is 6.07 Å². The van der Waals surface area contributed by atoms with E-state index in [1.165, 1.54) is 17.8 Å². The molecule has 0 amide bonds. The minimum atomic E-state index is -3.60. The lowest BCUT2D eigenvalue weighted by atomic mass is 10.3. The highest BCUT2D eigenvalue weighted by Crippen LogP contribution is 2.26. The van der Waals surface area contributed by atoms with Crippen LogP contribution in [0, 0.1) is 5.92 Å². The lowest BCUT2D eigenvalue weighted by Crippen LogP contribution is -2.13. The molecular weight excluding hydrogens is 230 g/mol. The minimum Gasteiger partial charge on any atom is -0.225 e. The molecule has 0 spiro atoms. The summed E-state index contributed by atoms with van der Waals surface area (Å²) in [5, 5.41) is 5.12. The third-order valence-corrected chi connectivity index (χ3v) is 4.33. The quantitative estimate of drug-likeness (QED) is 0.826. The first-order valence-electron chi connectivity index (χ1n) is 4.66. The largest absolute Gasteiger partial charge is 0.239 e. The molecule has 0 aliphatic heterocycles. The van der Waals surface area contributed by atoms with Crippen molar-refractivity contribution in [3.05, 3.63) is 24.3 Å². The summed E-state index contributed by atoms with van der Waals surface area (Å²) in [6.45, 7) is 4.18. The molecule has 2 N–H and O–H groups in total. The summed E-state index contributed by atoms with van der Waals surface area (Å²) in [4.78, 5) is 0.948. The van der Waals surface area contributed by atoms with Gasteiger partial charge < -0.3 is 0 Å². The number of hydrogen-bond donors (Lipinski definition) is 1. The molecule has 0 aromatic heterocycles. The Morgan fingerprint density at radius 3 is 2.47 bits per heavy atom. The summed E-state index contributed by atoms with van der Waals surface area (Å²) in [6.07, 6.45) is 0. The molecule has 0 unspecified atom stereocenters. The van der Waals surface area contributed by atoms with E-state index in [9.17, 15) is 8.42 Å². The van der Waals surface area contributed by atoms with Gasteiger partial charge in [0.1, 0.15) is 0 Å². The highest BCUT2D eigenvalue weighted by atomic mass is 32.2. The lowest BCUT2D eigenvalue weighted by molar-refractivity contribution is 0.595. The van der Waals surface area contributed by atoms with E-state index in [0.29, 0.717) is 5.92 Å². The number of benzene rings is 1. The molecule has 0 radical (unpaired) electrons. The molecule has 0 atom stereocenters. The van der Waals surface area contributed by atoms with Crippen molar-refractivity contribution in [1.29, 1.82) is 0 Å². The smallest absolute Gasteiger partial charge is 0.225 e. The van der Waals surface area contributed by atoms with E-state index in [2.05, 4.69) is 13.8 Å². The van der Waals surface area contributed by atoms with Crippen LogP contribution in [0.3, 0.4) is 0 Å². The average molecular weight is 245 g/mol. The maximum atomic E-state index is 11.3. The first kappa shape index (κ1) is 12.5. The number of thioether (sulfide) groups is 1. The Kier molecular flexibility index (Phi) is 4.19. The Morgan fingerprint density at radius 2 is 1.93 bits per heavy atom. The molecule has 84 valence electrons. The van der Waals surface area contributed by atoms with E-state index in [-0.39, 0.29) is 4.90 Å². The standard InChI is InChI=1S/C10H15NO2S2/c1-8(2)7-14-9-5-3-4-6-10(9)15(11,12)13/h3-6,8H,7H2,1-2H3,(H2,11,12,13). The molecule has 15 heavy (non-hydrogen) atoms. The van der Waals surface area contributed by atoms with Crippen LogP contribution in [0.25, 0.3) is 0 Å². The molecule has 1 aromatic carbocycles. The van der Waals surface area contributed by atoms with Gasteiger partial charge in [-0.3, -0.25) is 0 Å². The van der Waals surface area contributed by atoms with Crippen molar-refractivity contribution >= 4 is 21.8 Å². The van der Waals surface area contributed by atoms with Gasteiger partial charge in [-0.05, 0) is 18.1 Å². The van der Waals surface area contributed by atoms with Gasteiger partial charge in [-0.1, -0.05) is 26.0 Å². The van der Waals surface area contributed by atoms with Crippen LogP contribution in [0.4, 0.5) is 0 Å². The van der Waals surface area contributed by atoms with Crippen LogP contribution in [0.15, 0.2) is 34.1 Å². The number of hydrogen-bond acceptors (Lipinski definition) is 3. The molecule has 0 fully saturated rings. The maximum absolute atomic E-state index is 11.3. The molecule has 1 aromatic rings. The van der Waals surface area contributed by atoms with E-state index >= 15 is 0 Å². The first-order valence-corrected chi connectivity index (χ1v) is 7.19. The molecule has 1 rings (SSSR count). The number of sulfonamides is 1. The van der Waals surface area contributed by atoms with Crippen LogP contribution in [0.5, 0.6) is 0 Å². The molecule has 0 heterocycles. The molecular formula is C10H15NO2S2. The SMILES string of the molecule is CC(C)CSc1ccccc1S(N)(=O)=O. The average Bonchev–Trinajstić information content (AvgIpc) is 2.13. The van der Waals surface area contributed by atoms with Gasteiger partial charge in [0.25, 0.3) is 0 Å². The van der Waals surface area contributed by atoms with Crippen LogP contribution in [-0.2, 0) is 10.0 Å². The summed E-state index contributed by atoms with van der Waals surface area (Å²) in [5.41, 5.74) is 0. The van der Waals surface area contributed by atoms with Crippen molar-refractivity contribution in [3.63, 3.8) is 0 Å². The van der Waals surface area contributed by atoms with Gasteiger partial charge in [-0.25, -0.2) is 13.6 Å². The minimum absolute atomic E-state index is 0.218. The zero-order chi connectivity index (χ0) is 11.5. The summed E-state index contributed by atoms with van der Waals surface area (Å²) in [6, 6.07) is 6.82. The molecule has 3 nitrogen and oxygen atoms in total. The van der Waals surface area contributed by atoms with Crippen molar-refractivity contribution in [2.45, 2.75) is 23.6 Å². The van der Waals surface area contributed by atoms with Crippen LogP contribution in [0.1, 0.15) is 13.8 Å². The Labute approximate surface area is 95.1 Å². The van der Waals surface area contributed by atoms with E-state index < -0.39 is 10.0 Å². The summed E-state index contributed by atoms with van der Waals surface area (Å²) in [5.74, 6) is 1.40. The Bertz CT molecular complexity index is 427. The van der Waals surface area contributed by atoms with Crippen LogP contribution >= 0.6 is 11.8 Å². The number of primary sulfonamides is 1. The van der Waals surface area contributed by atoms with E-state index in [4.69, 9.17) is 5.14 Å². The van der Waals surface area contributed by atoms with Gasteiger partial charge in [-0.2, -0.15) is 0 Å². The molecule has 0 aliphatic carbocycles. The van der Waals surface area contributed by atoms with Gasteiger partial charge in [0, 0.05) is 10.6 Å². The second-order valence-corrected chi connectivity index (χ2v) is 6.29. The van der Waals surface area contributed by atoms with Gasteiger partial charge in [0.15, 0.2) is 0 Å². The second kappa shape index (κ2) is 5.01. The van der Waals surface area contributed by atoms with Gasteiger partial charge in [0.2, 0.25) is 10.0 Å². The third-order valence-electron chi connectivity index (χ3n) is 1.73. The highest BCUT2D eigenvalue weighted by molar-refractivity contribution is 8.00. The number of nitrogens with two attached hydrogens (primary N) is 1. The monoisotopic (exact) mass is 245 g/mol. The summed E-state index contributed by atoms with van der Waals surface area (Å²) >= 11 is 1.52. The van der Waals surface area contributed by atoms with Gasteiger partial charge >= 0.3 is 0 Å². The molecule has 0 saturated carbocycles. The molecule has 5 heteroatoms. The van der Waals surface area contributed by atoms with E-state index in [1.54, 1.807) is 12.1 Å². The van der Waals surface area contributed by atoms with Crippen molar-refractivity contribution in [3.8, 4) is 0 Å². The second-order valence-electron chi connectivity index (χ2n) is 3.70. The van der Waals surface area contributed by atoms with E-state index in [0.717, 1.165) is 10.6 Å². The van der Waals surface area contributed by atoms with Gasteiger partial charge in [-0.15, -0.1) is 11.8 Å². The third kappa shape index (κ3) is 3.85. The Balaban J connectivity index is 2.98. The fourth-order valence-electron chi connectivity index (χ4n) is 1.06. The van der Waals surface area contributed by atoms with Crippen molar-refractivity contribution in [2.75, 3.05) is 5.75 Å². The predicted molar refractivity (Wildman–Crippen MR) is 63.4 cm³/mol. The fourth-order valence-corrected chi connectivity index (χ4v) is 3.10.